The molecule has 2 aliphatic rings. The molecule has 2 atom stereocenters. The molecule has 37 heavy (non-hydrogen) atoms. The third-order valence-corrected chi connectivity index (χ3v) is 6.99. The van der Waals surface area contributed by atoms with Crippen molar-refractivity contribution in [3.63, 3.8) is 0 Å². The van der Waals surface area contributed by atoms with Gasteiger partial charge in [0.1, 0.15) is 17.4 Å². The van der Waals surface area contributed by atoms with Crippen molar-refractivity contribution in [3.8, 4) is 17.0 Å². The molecule has 0 aliphatic carbocycles. The Bertz CT molecular complexity index is 1280. The van der Waals surface area contributed by atoms with Gasteiger partial charge in [-0.3, -0.25) is 4.90 Å². The molecule has 198 valence electrons. The molecule has 5 rings (SSSR count). The van der Waals surface area contributed by atoms with Crippen molar-refractivity contribution in [2.24, 2.45) is 5.11 Å². The number of nitrogens with one attached hydrogen (secondary N) is 3. The van der Waals surface area contributed by atoms with Gasteiger partial charge >= 0.3 is 0 Å². The molecule has 0 spiro atoms. The maximum absolute atomic E-state index is 15.1. The smallest absolute Gasteiger partial charge is 0.255 e. The second kappa shape index (κ2) is 10.1. The average molecular weight is 519 g/mol. The van der Waals surface area contributed by atoms with Gasteiger partial charge in [0.15, 0.2) is 0 Å². The number of nitrogens with zero attached hydrogens (tertiary/aromatic N) is 5. The molecule has 2 fully saturated rings. The van der Waals surface area contributed by atoms with Crippen molar-refractivity contribution in [2.45, 2.75) is 37.5 Å². The minimum atomic E-state index is -2.55. The summed E-state index contributed by atoms with van der Waals surface area (Å²) < 4.78 is 53.1. The number of likely N-dealkylation sites (tertiary alicyclic amines) is 1. The largest absolute Gasteiger partial charge is 0.479 e. The summed E-state index contributed by atoms with van der Waals surface area (Å²) in [5.41, 5.74) is 9.72. The lowest BCUT2D eigenvalue weighted by Gasteiger charge is -2.50. The number of hydrogen-bond acceptors (Lipinski definition) is 9. The lowest BCUT2D eigenvalue weighted by molar-refractivity contribution is -0.142. The lowest BCUT2D eigenvalue weighted by Crippen LogP contribution is -2.64. The lowest BCUT2D eigenvalue weighted by atomic mass is 9.92. The fourth-order valence-electron chi connectivity index (χ4n) is 4.86. The Labute approximate surface area is 211 Å². The van der Waals surface area contributed by atoms with Crippen LogP contribution in [0.5, 0.6) is 5.88 Å². The second-order valence-corrected chi connectivity index (χ2v) is 9.57. The van der Waals surface area contributed by atoms with Crippen molar-refractivity contribution in [1.29, 1.82) is 5.53 Å². The van der Waals surface area contributed by atoms with E-state index in [1.54, 1.807) is 35.0 Å². The Morgan fingerprint density at radius 1 is 1.32 bits per heavy atom. The summed E-state index contributed by atoms with van der Waals surface area (Å²) in [4.78, 5) is 6.63. The van der Waals surface area contributed by atoms with Crippen LogP contribution < -0.4 is 15.4 Å². The summed E-state index contributed by atoms with van der Waals surface area (Å²) in [6, 6.07) is 6.32. The summed E-state index contributed by atoms with van der Waals surface area (Å²) in [5.74, 6) is 0.522. The normalized spacial score (nSPS) is 21.6. The molecule has 2 aliphatic heterocycles. The first kappa shape index (κ1) is 25.2. The van der Waals surface area contributed by atoms with Crippen LogP contribution >= 0.6 is 0 Å². The number of alkyl halides is 3. The Kier molecular flexibility index (Phi) is 6.90. The number of hydrogen-bond donors (Lipinski definition) is 3. The van der Waals surface area contributed by atoms with Crippen LogP contribution in [0.2, 0.25) is 0 Å². The number of piperidine rings is 1. The van der Waals surface area contributed by atoms with Crippen molar-refractivity contribution < 1.29 is 22.6 Å². The Morgan fingerprint density at radius 3 is 2.78 bits per heavy atom. The number of aromatic nitrogens is 3. The number of anilines is 2. The summed E-state index contributed by atoms with van der Waals surface area (Å²) in [6.07, 6.45) is -1.33. The first-order chi connectivity index (χ1) is 17.8. The third kappa shape index (κ3) is 4.92. The molecule has 0 unspecified atom stereocenters. The summed E-state index contributed by atoms with van der Waals surface area (Å²) in [5, 5.41) is 13.7. The fraction of sp³-hybridized carbons (Fsp3) is 0.500. The van der Waals surface area contributed by atoms with E-state index in [1.807, 2.05) is 0 Å². The van der Waals surface area contributed by atoms with Crippen molar-refractivity contribution >= 4 is 22.8 Å². The molecule has 0 amide bonds. The van der Waals surface area contributed by atoms with Gasteiger partial charge in [0.2, 0.25) is 11.8 Å². The van der Waals surface area contributed by atoms with Crippen LogP contribution in [0.1, 0.15) is 13.3 Å². The first-order valence-electron chi connectivity index (χ1n) is 12.0. The minimum Gasteiger partial charge on any atom is -0.479 e. The van der Waals surface area contributed by atoms with Gasteiger partial charge < -0.3 is 20.1 Å². The van der Waals surface area contributed by atoms with Crippen molar-refractivity contribution in [2.75, 3.05) is 50.6 Å². The van der Waals surface area contributed by atoms with E-state index in [9.17, 15) is 8.78 Å². The zero-order valence-corrected chi connectivity index (χ0v) is 20.5. The fourth-order valence-corrected chi connectivity index (χ4v) is 4.86. The van der Waals surface area contributed by atoms with Gasteiger partial charge in [-0.05, 0) is 37.1 Å². The number of methoxy groups -OCH3 is 1. The quantitative estimate of drug-likeness (QED) is 0.361. The highest BCUT2D eigenvalue weighted by atomic mass is 19.3. The van der Waals surface area contributed by atoms with Crippen LogP contribution in [-0.4, -0.2) is 83.6 Å². The highest BCUT2D eigenvalue weighted by Gasteiger charge is 2.43. The average Bonchev–Trinajstić information content (AvgIpc) is 3.30. The van der Waals surface area contributed by atoms with Crippen LogP contribution in [0, 0.1) is 5.53 Å². The van der Waals surface area contributed by atoms with Gasteiger partial charge in [0, 0.05) is 24.8 Å². The van der Waals surface area contributed by atoms with E-state index in [2.05, 4.69) is 37.7 Å². The number of rotatable bonds is 9. The molecule has 13 heteroatoms. The molecule has 2 saturated heterocycles. The highest BCUT2D eigenvalue weighted by molar-refractivity contribution is 5.87. The number of halogens is 3. The van der Waals surface area contributed by atoms with E-state index >= 15 is 4.39 Å². The predicted molar refractivity (Wildman–Crippen MR) is 132 cm³/mol. The SMILES string of the molecule is COc1nc(N[C@@H]2CCN(C3(C)COC3)C[C@@H]2F)nn2ccc(-c3ccc(N=N)c(NCC(F)F)c3)c12. The third-order valence-electron chi connectivity index (χ3n) is 6.99. The zero-order valence-electron chi connectivity index (χ0n) is 20.5. The molecule has 3 aromatic rings. The molecular formula is C24H29F3N8O2. The molecule has 2 aromatic heterocycles. The number of benzene rings is 1. The van der Waals surface area contributed by atoms with Gasteiger partial charge in [0.05, 0.1) is 44.1 Å². The second-order valence-electron chi connectivity index (χ2n) is 9.57. The van der Waals surface area contributed by atoms with Crippen LogP contribution in [0.15, 0.2) is 35.6 Å². The van der Waals surface area contributed by atoms with Gasteiger partial charge in [-0.25, -0.2) is 23.2 Å². The van der Waals surface area contributed by atoms with Gasteiger partial charge in [-0.1, -0.05) is 6.07 Å². The van der Waals surface area contributed by atoms with Crippen LogP contribution in [-0.2, 0) is 4.74 Å². The van der Waals surface area contributed by atoms with Crippen molar-refractivity contribution in [1.82, 2.24) is 19.5 Å². The predicted octanol–water partition coefficient (Wildman–Crippen LogP) is 4.36. The van der Waals surface area contributed by atoms with E-state index < -0.39 is 25.2 Å². The standard InChI is InChI=1S/C24H29F3N8O2/c1-24(12-37-13-24)34-7-6-17(16(25)11-34)30-23-31-22(36-2)21-15(5-8-35(21)33-23)14-3-4-18(32-28)19(9-14)29-10-20(26)27/h3-5,8-9,16-17,20,28-29H,6-7,10-13H2,1-2H3,(H,30,33)/t16-,17+/m0/s1. The molecule has 4 heterocycles. The van der Waals surface area contributed by atoms with Crippen LogP contribution in [0.4, 0.5) is 30.5 Å². The molecule has 0 radical (unpaired) electrons. The minimum absolute atomic E-state index is 0.0999. The topological polar surface area (TPSA) is 112 Å². The van der Waals surface area contributed by atoms with Crippen LogP contribution in [0.25, 0.3) is 16.6 Å². The summed E-state index contributed by atoms with van der Waals surface area (Å²) >= 11 is 0. The monoisotopic (exact) mass is 518 g/mol. The van der Waals surface area contributed by atoms with Crippen LogP contribution in [0.3, 0.4) is 0 Å². The summed E-state index contributed by atoms with van der Waals surface area (Å²) in [6.45, 7) is 3.83. The van der Waals surface area contributed by atoms with E-state index in [0.717, 1.165) is 6.54 Å². The number of ether oxygens (including phenoxy) is 2. The molecule has 10 nitrogen and oxygen atoms in total. The first-order valence-corrected chi connectivity index (χ1v) is 12.0. The summed E-state index contributed by atoms with van der Waals surface area (Å²) in [7, 11) is 1.48. The zero-order chi connectivity index (χ0) is 26.2. The van der Waals surface area contributed by atoms with Crippen molar-refractivity contribution in [3.05, 3.63) is 30.5 Å². The Hall–Kier alpha value is -3.45. The van der Waals surface area contributed by atoms with E-state index in [0.29, 0.717) is 48.5 Å². The molecule has 0 saturated carbocycles. The molecule has 1 aromatic carbocycles. The Morgan fingerprint density at radius 2 is 2.14 bits per heavy atom. The molecule has 3 N–H and O–H groups in total. The maximum Gasteiger partial charge on any atom is 0.255 e. The van der Waals surface area contributed by atoms with E-state index in [1.165, 1.54) is 7.11 Å². The van der Waals surface area contributed by atoms with Gasteiger partial charge in [0.25, 0.3) is 6.43 Å². The van der Waals surface area contributed by atoms with E-state index in [-0.39, 0.29) is 23.1 Å². The van der Waals surface area contributed by atoms with Gasteiger partial charge in [-0.15, -0.1) is 5.10 Å². The highest BCUT2D eigenvalue weighted by Crippen LogP contribution is 2.36. The Balaban J connectivity index is 1.39. The van der Waals surface area contributed by atoms with E-state index in [4.69, 9.17) is 15.0 Å². The molecule has 0 bridgehead atoms. The maximum atomic E-state index is 15.1. The van der Waals surface area contributed by atoms with Gasteiger partial charge in [-0.2, -0.15) is 10.1 Å². The number of fused-ring (bicyclic) bond motifs is 1. The molecular weight excluding hydrogens is 489 g/mol.